The van der Waals surface area contributed by atoms with Gasteiger partial charge in [0.05, 0.1) is 11.1 Å². The van der Waals surface area contributed by atoms with Crippen LogP contribution in [-0.4, -0.2) is 27.9 Å². The van der Waals surface area contributed by atoms with Crippen molar-refractivity contribution >= 4 is 17.7 Å². The van der Waals surface area contributed by atoms with Crippen molar-refractivity contribution in [2.24, 2.45) is 0 Å². The second kappa shape index (κ2) is 5.81. The lowest BCUT2D eigenvalue weighted by molar-refractivity contribution is 0.0685. The summed E-state index contributed by atoms with van der Waals surface area (Å²) in [5.41, 5.74) is 1.80. The summed E-state index contributed by atoms with van der Waals surface area (Å²) in [6, 6.07) is 8.71. The van der Waals surface area contributed by atoms with Crippen LogP contribution in [0.2, 0.25) is 0 Å². The highest BCUT2D eigenvalue weighted by Gasteiger charge is 2.19. The Morgan fingerprint density at radius 3 is 1.82 bits per heavy atom. The van der Waals surface area contributed by atoms with Gasteiger partial charge in [-0.25, -0.2) is 9.59 Å². The molecule has 0 amide bonds. The van der Waals surface area contributed by atoms with E-state index in [1.807, 2.05) is 0 Å². The Balaban J connectivity index is 2.48. The van der Waals surface area contributed by atoms with Gasteiger partial charge in [0.15, 0.2) is 5.78 Å². The van der Waals surface area contributed by atoms with E-state index in [1.165, 1.54) is 24.3 Å². The maximum Gasteiger partial charge on any atom is 0.336 e. The Kier molecular flexibility index (Phi) is 4.08. The van der Waals surface area contributed by atoms with E-state index in [-0.39, 0.29) is 16.9 Å². The van der Waals surface area contributed by atoms with Crippen molar-refractivity contribution in [3.8, 4) is 0 Å². The van der Waals surface area contributed by atoms with Crippen LogP contribution < -0.4 is 0 Å². The van der Waals surface area contributed by atoms with E-state index in [1.54, 1.807) is 26.0 Å². The molecule has 2 rings (SSSR count). The monoisotopic (exact) mass is 298 g/mol. The summed E-state index contributed by atoms with van der Waals surface area (Å²) in [6.45, 7) is 3.27. The molecule has 5 nitrogen and oxygen atoms in total. The quantitative estimate of drug-likeness (QED) is 0.847. The highest BCUT2D eigenvalue weighted by molar-refractivity contribution is 6.11. The molecule has 0 aliphatic rings. The summed E-state index contributed by atoms with van der Waals surface area (Å²) in [7, 11) is 0. The number of carbonyl (C=O) groups excluding carboxylic acids is 1. The molecule has 0 bridgehead atoms. The van der Waals surface area contributed by atoms with Gasteiger partial charge in [-0.1, -0.05) is 24.3 Å². The van der Waals surface area contributed by atoms with E-state index in [9.17, 15) is 19.5 Å². The lowest BCUT2D eigenvalue weighted by atomic mass is 9.92. The zero-order chi connectivity index (χ0) is 16.4. The van der Waals surface area contributed by atoms with Crippen molar-refractivity contribution in [3.05, 3.63) is 69.8 Å². The molecule has 0 unspecified atom stereocenters. The van der Waals surface area contributed by atoms with Crippen LogP contribution in [0.3, 0.4) is 0 Å². The number of carboxylic acid groups (broad SMARTS) is 2. The van der Waals surface area contributed by atoms with E-state index in [0.29, 0.717) is 22.3 Å². The molecule has 2 aromatic carbocycles. The Bertz CT molecular complexity index is 772. The SMILES string of the molecule is Cc1ccc(C(=O)c2ccc(C(=O)O)cc2)c(C)c1C(=O)O. The minimum atomic E-state index is -1.08. The molecule has 0 aromatic heterocycles. The van der Waals surface area contributed by atoms with E-state index in [0.717, 1.165) is 0 Å². The Morgan fingerprint density at radius 2 is 1.32 bits per heavy atom. The number of rotatable bonds is 4. The Labute approximate surface area is 126 Å². The van der Waals surface area contributed by atoms with Gasteiger partial charge in [0.25, 0.3) is 0 Å². The molecule has 0 fully saturated rings. The topological polar surface area (TPSA) is 91.7 Å². The van der Waals surface area contributed by atoms with Gasteiger partial charge >= 0.3 is 11.9 Å². The standard InChI is InChI=1S/C17H14O5/c1-9-3-8-13(10(2)14(9)17(21)22)15(18)11-4-6-12(7-5-11)16(19)20/h3-8H,1-2H3,(H,19,20)(H,21,22). The molecule has 22 heavy (non-hydrogen) atoms. The molecule has 0 saturated heterocycles. The number of benzene rings is 2. The fourth-order valence-electron chi connectivity index (χ4n) is 2.34. The van der Waals surface area contributed by atoms with Crippen molar-refractivity contribution in [2.75, 3.05) is 0 Å². The molecular weight excluding hydrogens is 284 g/mol. The molecule has 0 heterocycles. The lowest BCUT2D eigenvalue weighted by Crippen LogP contribution is -2.10. The van der Waals surface area contributed by atoms with Crippen molar-refractivity contribution < 1.29 is 24.6 Å². The van der Waals surface area contributed by atoms with Gasteiger partial charge < -0.3 is 10.2 Å². The number of carboxylic acids is 2. The fourth-order valence-corrected chi connectivity index (χ4v) is 2.34. The van der Waals surface area contributed by atoms with Crippen LogP contribution in [-0.2, 0) is 0 Å². The smallest absolute Gasteiger partial charge is 0.336 e. The molecule has 0 spiro atoms. The second-order valence-electron chi connectivity index (χ2n) is 4.95. The van der Waals surface area contributed by atoms with Gasteiger partial charge in [-0.3, -0.25) is 4.79 Å². The van der Waals surface area contributed by atoms with E-state index >= 15 is 0 Å². The molecule has 2 N–H and O–H groups in total. The lowest BCUT2D eigenvalue weighted by Gasteiger charge is -2.10. The number of hydrogen-bond acceptors (Lipinski definition) is 3. The number of aryl methyl sites for hydroxylation is 1. The summed E-state index contributed by atoms with van der Waals surface area (Å²) in [5.74, 6) is -2.48. The van der Waals surface area contributed by atoms with Gasteiger partial charge in [-0.15, -0.1) is 0 Å². The molecule has 0 radical (unpaired) electrons. The fraction of sp³-hybridized carbons (Fsp3) is 0.118. The first-order valence-corrected chi connectivity index (χ1v) is 6.54. The number of ketones is 1. The van der Waals surface area contributed by atoms with Crippen LogP contribution in [0.5, 0.6) is 0 Å². The van der Waals surface area contributed by atoms with Crippen molar-refractivity contribution in [2.45, 2.75) is 13.8 Å². The minimum Gasteiger partial charge on any atom is -0.478 e. The molecule has 0 aliphatic carbocycles. The summed E-state index contributed by atoms with van der Waals surface area (Å²) >= 11 is 0. The number of carbonyl (C=O) groups is 3. The van der Waals surface area contributed by atoms with Crippen molar-refractivity contribution in [1.82, 2.24) is 0 Å². The second-order valence-corrected chi connectivity index (χ2v) is 4.95. The van der Waals surface area contributed by atoms with Gasteiger partial charge in [0, 0.05) is 11.1 Å². The number of aromatic carboxylic acids is 2. The van der Waals surface area contributed by atoms with Crippen LogP contribution in [0.15, 0.2) is 36.4 Å². The third-order valence-electron chi connectivity index (χ3n) is 3.53. The van der Waals surface area contributed by atoms with Gasteiger partial charge in [0.2, 0.25) is 0 Å². The van der Waals surface area contributed by atoms with E-state index < -0.39 is 11.9 Å². The Morgan fingerprint density at radius 1 is 0.773 bits per heavy atom. The number of hydrogen-bond donors (Lipinski definition) is 2. The third-order valence-corrected chi connectivity index (χ3v) is 3.53. The first-order valence-electron chi connectivity index (χ1n) is 6.54. The van der Waals surface area contributed by atoms with E-state index in [4.69, 9.17) is 5.11 Å². The highest BCUT2D eigenvalue weighted by atomic mass is 16.4. The first-order chi connectivity index (χ1) is 10.3. The zero-order valence-corrected chi connectivity index (χ0v) is 12.1. The van der Waals surface area contributed by atoms with E-state index in [2.05, 4.69) is 0 Å². The maximum absolute atomic E-state index is 12.5. The average Bonchev–Trinajstić information content (AvgIpc) is 2.46. The largest absolute Gasteiger partial charge is 0.478 e. The first kappa shape index (κ1) is 15.4. The van der Waals surface area contributed by atoms with Gasteiger partial charge in [0.1, 0.15) is 0 Å². The van der Waals surface area contributed by atoms with Crippen LogP contribution in [0.1, 0.15) is 47.8 Å². The summed E-state index contributed by atoms with van der Waals surface area (Å²) in [6.07, 6.45) is 0. The predicted molar refractivity (Wildman–Crippen MR) is 79.7 cm³/mol. The molecule has 0 saturated carbocycles. The summed E-state index contributed by atoms with van der Waals surface area (Å²) < 4.78 is 0. The molecule has 0 atom stereocenters. The summed E-state index contributed by atoms with van der Waals surface area (Å²) in [4.78, 5) is 34.6. The molecule has 0 aliphatic heterocycles. The molecule has 2 aromatic rings. The average molecular weight is 298 g/mol. The highest BCUT2D eigenvalue weighted by Crippen LogP contribution is 2.21. The van der Waals surface area contributed by atoms with Gasteiger partial charge in [-0.05, 0) is 37.1 Å². The predicted octanol–water partition coefficient (Wildman–Crippen LogP) is 2.93. The molecule has 112 valence electrons. The van der Waals surface area contributed by atoms with Crippen LogP contribution in [0.25, 0.3) is 0 Å². The Hall–Kier alpha value is -2.95. The van der Waals surface area contributed by atoms with Crippen molar-refractivity contribution in [1.29, 1.82) is 0 Å². The van der Waals surface area contributed by atoms with Crippen molar-refractivity contribution in [3.63, 3.8) is 0 Å². The molecule has 5 heteroatoms. The molecular formula is C17H14O5. The van der Waals surface area contributed by atoms with Crippen LogP contribution in [0, 0.1) is 13.8 Å². The van der Waals surface area contributed by atoms with Crippen LogP contribution >= 0.6 is 0 Å². The van der Waals surface area contributed by atoms with Crippen LogP contribution in [0.4, 0.5) is 0 Å². The maximum atomic E-state index is 12.5. The minimum absolute atomic E-state index is 0.0865. The third kappa shape index (κ3) is 2.74. The normalized spacial score (nSPS) is 10.3. The van der Waals surface area contributed by atoms with Gasteiger partial charge in [-0.2, -0.15) is 0 Å². The summed E-state index contributed by atoms with van der Waals surface area (Å²) in [5, 5.41) is 18.1. The zero-order valence-electron chi connectivity index (χ0n) is 12.1.